The Labute approximate surface area is 163 Å². The van der Waals surface area contributed by atoms with E-state index in [4.69, 9.17) is 0 Å². The van der Waals surface area contributed by atoms with Crippen LogP contribution in [-0.2, 0) is 4.79 Å². The summed E-state index contributed by atoms with van der Waals surface area (Å²) in [5.74, 6) is -1.06. The van der Waals surface area contributed by atoms with Gasteiger partial charge in [-0.25, -0.2) is 5.01 Å². The zero-order valence-corrected chi connectivity index (χ0v) is 16.3. The molecule has 0 radical (unpaired) electrons. The number of amides is 2. The molecule has 3 heterocycles. The van der Waals surface area contributed by atoms with Crippen LogP contribution in [-0.4, -0.2) is 40.2 Å². The van der Waals surface area contributed by atoms with Crippen molar-refractivity contribution >= 4 is 28.9 Å². The topological polar surface area (TPSA) is 77.6 Å². The lowest BCUT2D eigenvalue weighted by Gasteiger charge is -2.20. The number of carbonyl (C=O) groups excluding carboxylic acids is 2. The summed E-state index contributed by atoms with van der Waals surface area (Å²) in [4.78, 5) is 28.4. The fraction of sp³-hybridized carbons (Fsp3) is 0.389. The lowest BCUT2D eigenvalue weighted by atomic mass is 10.0. The Balaban J connectivity index is 1.90. The highest BCUT2D eigenvalue weighted by Gasteiger charge is 2.36. The number of aromatic nitrogens is 1. The number of hydrogen-bond acceptors (Lipinski definition) is 4. The van der Waals surface area contributed by atoms with Crippen LogP contribution in [0.2, 0.25) is 0 Å². The van der Waals surface area contributed by atoms with Crippen molar-refractivity contribution in [1.82, 2.24) is 15.3 Å². The average Bonchev–Trinajstić information content (AvgIpc) is 3.30. The molecule has 1 aliphatic heterocycles. The highest BCUT2D eigenvalue weighted by Crippen LogP contribution is 2.36. The molecule has 2 aromatic heterocycles. The Morgan fingerprint density at radius 3 is 2.68 bits per heavy atom. The van der Waals surface area contributed by atoms with Crippen LogP contribution in [0.5, 0.6) is 0 Å². The van der Waals surface area contributed by atoms with Gasteiger partial charge in [0.15, 0.2) is 0 Å². The molecule has 2 N–H and O–H groups in total. The number of hydrogen-bond donors (Lipinski definition) is 2. The molecule has 1 unspecified atom stereocenters. The second-order valence-corrected chi connectivity index (χ2v) is 7.52. The molecule has 0 aliphatic carbocycles. The minimum atomic E-state index is -4.49. The molecule has 0 saturated carbocycles. The van der Waals surface area contributed by atoms with E-state index in [0.717, 1.165) is 10.6 Å². The van der Waals surface area contributed by atoms with E-state index < -0.39 is 24.7 Å². The number of nitrogens with one attached hydrogen (secondary N) is 2. The molecule has 0 bridgehead atoms. The van der Waals surface area contributed by atoms with Crippen molar-refractivity contribution in [2.75, 3.05) is 6.54 Å². The molecule has 0 spiro atoms. The van der Waals surface area contributed by atoms with E-state index in [0.29, 0.717) is 23.4 Å². The van der Waals surface area contributed by atoms with Gasteiger partial charge in [0, 0.05) is 24.7 Å². The number of aryl methyl sites for hydroxylation is 1. The van der Waals surface area contributed by atoms with Crippen molar-refractivity contribution in [3.8, 4) is 0 Å². The van der Waals surface area contributed by atoms with Crippen LogP contribution in [0.1, 0.15) is 51.6 Å². The lowest BCUT2D eigenvalue weighted by Crippen LogP contribution is -2.34. The van der Waals surface area contributed by atoms with Gasteiger partial charge in [0.05, 0.1) is 16.2 Å². The molecule has 28 heavy (non-hydrogen) atoms. The van der Waals surface area contributed by atoms with Crippen LogP contribution >= 0.6 is 11.3 Å². The number of carbonyl (C=O) groups is 2. The van der Waals surface area contributed by atoms with Gasteiger partial charge in [0.2, 0.25) is 5.91 Å². The van der Waals surface area contributed by atoms with E-state index in [1.165, 1.54) is 23.3 Å². The van der Waals surface area contributed by atoms with Gasteiger partial charge in [-0.05, 0) is 30.9 Å². The van der Waals surface area contributed by atoms with Gasteiger partial charge in [-0.15, -0.1) is 11.3 Å². The minimum Gasteiger partial charge on any atom is -0.360 e. The molecule has 1 atom stereocenters. The summed E-state index contributed by atoms with van der Waals surface area (Å²) in [5.41, 5.74) is 2.47. The van der Waals surface area contributed by atoms with Crippen molar-refractivity contribution in [3.63, 3.8) is 0 Å². The second kappa shape index (κ2) is 7.42. The molecule has 150 valence electrons. The molecule has 0 saturated heterocycles. The average molecular weight is 412 g/mol. The Hall–Kier alpha value is -2.62. The number of nitrogens with zero attached hydrogens (tertiary/aromatic N) is 2. The third kappa shape index (κ3) is 3.96. The van der Waals surface area contributed by atoms with Crippen molar-refractivity contribution < 1.29 is 22.8 Å². The standard InChI is InChI=1S/C18H19F3N4O2S/c1-9-15(17(27)22-8-18(19,20)21)10(2)23-16(9)13-7-12(14-5-4-6-28-14)24-25(13)11(3)26/h4-6,13,23H,7-8H2,1-3H3,(H,22,27). The number of alkyl halides is 3. The third-order valence-corrected chi connectivity index (χ3v) is 5.44. The maximum absolute atomic E-state index is 12.4. The van der Waals surface area contributed by atoms with E-state index in [-0.39, 0.29) is 11.5 Å². The van der Waals surface area contributed by atoms with Gasteiger partial charge >= 0.3 is 6.18 Å². The van der Waals surface area contributed by atoms with Crippen molar-refractivity contribution in [3.05, 3.63) is 44.9 Å². The molecule has 2 amide bonds. The van der Waals surface area contributed by atoms with E-state index in [1.54, 1.807) is 13.8 Å². The maximum atomic E-state index is 12.4. The van der Waals surface area contributed by atoms with Crippen LogP contribution in [0, 0.1) is 13.8 Å². The second-order valence-electron chi connectivity index (χ2n) is 6.57. The highest BCUT2D eigenvalue weighted by molar-refractivity contribution is 7.12. The number of rotatable bonds is 4. The number of aromatic amines is 1. The first-order valence-electron chi connectivity index (χ1n) is 8.53. The first kappa shape index (κ1) is 20.1. The Morgan fingerprint density at radius 1 is 1.39 bits per heavy atom. The van der Waals surface area contributed by atoms with Gasteiger partial charge in [0.1, 0.15) is 12.6 Å². The van der Waals surface area contributed by atoms with E-state index >= 15 is 0 Å². The van der Waals surface area contributed by atoms with Crippen LogP contribution in [0.4, 0.5) is 13.2 Å². The van der Waals surface area contributed by atoms with E-state index in [1.807, 2.05) is 22.8 Å². The highest BCUT2D eigenvalue weighted by atomic mass is 32.1. The van der Waals surface area contributed by atoms with Crippen LogP contribution < -0.4 is 5.32 Å². The van der Waals surface area contributed by atoms with E-state index in [9.17, 15) is 22.8 Å². The molecular weight excluding hydrogens is 393 g/mol. The summed E-state index contributed by atoms with van der Waals surface area (Å²) in [7, 11) is 0. The molecule has 6 nitrogen and oxygen atoms in total. The Bertz CT molecular complexity index is 932. The smallest absolute Gasteiger partial charge is 0.360 e. The molecule has 3 rings (SSSR count). The zero-order chi connectivity index (χ0) is 20.6. The maximum Gasteiger partial charge on any atom is 0.405 e. The molecular formula is C18H19F3N4O2S. The SMILES string of the molecule is CC(=O)N1N=C(c2cccs2)CC1c1[nH]c(C)c(C(=O)NCC(F)(F)F)c1C. The first-order valence-corrected chi connectivity index (χ1v) is 9.41. The summed E-state index contributed by atoms with van der Waals surface area (Å²) in [6.07, 6.45) is -4.04. The summed E-state index contributed by atoms with van der Waals surface area (Å²) in [5, 5.41) is 9.59. The number of thiophene rings is 1. The molecule has 2 aromatic rings. The zero-order valence-electron chi connectivity index (χ0n) is 15.5. The molecule has 10 heteroatoms. The van der Waals surface area contributed by atoms with Gasteiger partial charge in [-0.1, -0.05) is 6.07 Å². The summed E-state index contributed by atoms with van der Waals surface area (Å²) >= 11 is 1.51. The summed E-state index contributed by atoms with van der Waals surface area (Å²) < 4.78 is 37.3. The van der Waals surface area contributed by atoms with Crippen molar-refractivity contribution in [2.45, 2.75) is 39.4 Å². The van der Waals surface area contributed by atoms with Crippen LogP contribution in [0.15, 0.2) is 22.6 Å². The predicted octanol–water partition coefficient (Wildman–Crippen LogP) is 3.68. The first-order chi connectivity index (χ1) is 13.1. The van der Waals surface area contributed by atoms with Crippen LogP contribution in [0.3, 0.4) is 0 Å². The predicted molar refractivity (Wildman–Crippen MR) is 99.4 cm³/mol. The summed E-state index contributed by atoms with van der Waals surface area (Å²) in [6, 6.07) is 3.35. The largest absolute Gasteiger partial charge is 0.405 e. The minimum absolute atomic E-state index is 0.160. The van der Waals surface area contributed by atoms with Gasteiger partial charge in [-0.3, -0.25) is 9.59 Å². The lowest BCUT2D eigenvalue weighted by molar-refractivity contribution is -0.130. The molecule has 0 aromatic carbocycles. The number of halogens is 3. The Morgan fingerprint density at radius 2 is 2.11 bits per heavy atom. The molecule has 1 aliphatic rings. The molecule has 0 fully saturated rings. The van der Waals surface area contributed by atoms with E-state index in [2.05, 4.69) is 10.1 Å². The van der Waals surface area contributed by atoms with Crippen LogP contribution in [0.25, 0.3) is 0 Å². The van der Waals surface area contributed by atoms with Gasteiger partial charge in [0.25, 0.3) is 5.91 Å². The van der Waals surface area contributed by atoms with Gasteiger partial charge < -0.3 is 10.3 Å². The number of H-pyrrole nitrogens is 1. The quantitative estimate of drug-likeness (QED) is 0.804. The fourth-order valence-corrected chi connectivity index (χ4v) is 4.05. The van der Waals surface area contributed by atoms with Gasteiger partial charge in [-0.2, -0.15) is 18.3 Å². The normalized spacial score (nSPS) is 17.0. The van der Waals surface area contributed by atoms with Crippen molar-refractivity contribution in [2.24, 2.45) is 5.10 Å². The van der Waals surface area contributed by atoms with Crippen molar-refractivity contribution in [1.29, 1.82) is 0 Å². The third-order valence-electron chi connectivity index (χ3n) is 4.52. The monoisotopic (exact) mass is 412 g/mol. The fourth-order valence-electron chi connectivity index (χ4n) is 3.33. The summed E-state index contributed by atoms with van der Waals surface area (Å²) in [6.45, 7) is 3.27. The Kier molecular flexibility index (Phi) is 5.33. The number of hydrazone groups is 1.